The minimum absolute atomic E-state index is 0.0232. The first kappa shape index (κ1) is 18.5. The Morgan fingerprint density at radius 2 is 1.62 bits per heavy atom. The Morgan fingerprint density at radius 3 is 2.45 bits per heavy atom. The van der Waals surface area contributed by atoms with Gasteiger partial charge >= 0.3 is 6.36 Å². The van der Waals surface area contributed by atoms with Gasteiger partial charge in [0, 0.05) is 17.6 Å². The molecule has 0 bridgehead atoms. The van der Waals surface area contributed by atoms with E-state index in [-0.39, 0.29) is 17.3 Å². The lowest BCUT2D eigenvalue weighted by Gasteiger charge is -2.13. The second-order valence-corrected chi connectivity index (χ2v) is 5.93. The number of nitrogens with zero attached hydrogens (tertiary/aromatic N) is 3. The lowest BCUT2D eigenvalue weighted by Crippen LogP contribution is -2.17. The zero-order valence-corrected chi connectivity index (χ0v) is 14.7. The van der Waals surface area contributed by atoms with Crippen LogP contribution in [0.15, 0.2) is 66.9 Å². The number of fused-ring (bicyclic) bond motifs is 1. The number of nitrogens with two attached hydrogens (primary N) is 1. The number of ether oxygens (including phenoxy) is 2. The molecule has 0 atom stereocenters. The van der Waals surface area contributed by atoms with E-state index in [1.807, 2.05) is 6.07 Å². The highest BCUT2D eigenvalue weighted by molar-refractivity contribution is 5.85. The third-order valence-electron chi connectivity index (χ3n) is 3.90. The molecule has 0 fully saturated rings. The Kier molecular flexibility index (Phi) is 4.63. The summed E-state index contributed by atoms with van der Waals surface area (Å²) in [5.74, 6) is 0.481. The molecule has 0 spiro atoms. The molecule has 29 heavy (non-hydrogen) atoms. The topological polar surface area (TPSA) is 83.2 Å². The van der Waals surface area contributed by atoms with Crippen molar-refractivity contribution in [2.45, 2.75) is 6.36 Å². The van der Waals surface area contributed by atoms with E-state index in [9.17, 15) is 13.2 Å². The number of hydrogen-bond acceptors (Lipinski definition) is 6. The van der Waals surface area contributed by atoms with Gasteiger partial charge in [0.15, 0.2) is 11.6 Å². The minimum Gasteiger partial charge on any atom is -0.437 e. The van der Waals surface area contributed by atoms with Gasteiger partial charge in [0.25, 0.3) is 0 Å². The zero-order chi connectivity index (χ0) is 20.4. The van der Waals surface area contributed by atoms with E-state index in [0.717, 1.165) is 5.39 Å². The first-order valence-corrected chi connectivity index (χ1v) is 8.40. The molecule has 4 aromatic rings. The summed E-state index contributed by atoms with van der Waals surface area (Å²) in [6.45, 7) is 0. The average molecular weight is 398 g/mol. The molecule has 0 aliphatic rings. The van der Waals surface area contributed by atoms with E-state index in [4.69, 9.17) is 10.5 Å². The fraction of sp³-hybridized carbons (Fsp3) is 0.0500. The van der Waals surface area contributed by atoms with Crippen LogP contribution in [0.5, 0.6) is 17.4 Å². The summed E-state index contributed by atoms with van der Waals surface area (Å²) in [6, 6.07) is 15.9. The van der Waals surface area contributed by atoms with E-state index in [1.54, 1.807) is 30.3 Å². The molecule has 2 aromatic carbocycles. The van der Waals surface area contributed by atoms with E-state index >= 15 is 0 Å². The van der Waals surface area contributed by atoms with E-state index in [2.05, 4.69) is 19.7 Å². The van der Waals surface area contributed by atoms with Crippen molar-refractivity contribution in [2.75, 3.05) is 5.73 Å². The largest absolute Gasteiger partial charge is 0.573 e. The highest BCUT2D eigenvalue weighted by Crippen LogP contribution is 2.33. The number of halogens is 3. The number of nitrogen functional groups attached to an aromatic ring is 1. The van der Waals surface area contributed by atoms with Crippen LogP contribution in [0.4, 0.5) is 19.0 Å². The Labute approximate surface area is 162 Å². The Hall–Kier alpha value is -3.88. The van der Waals surface area contributed by atoms with Crippen LogP contribution in [-0.2, 0) is 0 Å². The van der Waals surface area contributed by atoms with Crippen molar-refractivity contribution in [2.24, 2.45) is 0 Å². The van der Waals surface area contributed by atoms with Crippen molar-refractivity contribution in [3.8, 4) is 28.8 Å². The van der Waals surface area contributed by atoms with Gasteiger partial charge in [-0.2, -0.15) is 4.98 Å². The van der Waals surface area contributed by atoms with Gasteiger partial charge in [-0.25, -0.2) is 9.97 Å². The molecule has 0 aliphatic carbocycles. The van der Waals surface area contributed by atoms with Crippen LogP contribution in [0.3, 0.4) is 0 Å². The van der Waals surface area contributed by atoms with Gasteiger partial charge in [0.05, 0.1) is 5.56 Å². The van der Waals surface area contributed by atoms with E-state index in [0.29, 0.717) is 17.1 Å². The quantitative estimate of drug-likeness (QED) is 0.523. The normalized spacial score (nSPS) is 11.4. The van der Waals surface area contributed by atoms with Crippen molar-refractivity contribution >= 4 is 16.7 Å². The van der Waals surface area contributed by atoms with Crippen molar-refractivity contribution < 1.29 is 22.6 Å². The van der Waals surface area contributed by atoms with Crippen LogP contribution in [0.25, 0.3) is 22.3 Å². The SMILES string of the molecule is Nc1ccc2cccc(Oc3ccnc(-c4ccccc4OC(F)(F)F)n3)c2n1. The molecule has 0 unspecified atom stereocenters. The van der Waals surface area contributed by atoms with Gasteiger partial charge in [-0.3, -0.25) is 0 Å². The fourth-order valence-electron chi connectivity index (χ4n) is 2.72. The van der Waals surface area contributed by atoms with Crippen LogP contribution < -0.4 is 15.2 Å². The molecule has 4 rings (SSSR count). The average Bonchev–Trinajstić information content (AvgIpc) is 2.68. The van der Waals surface area contributed by atoms with Gasteiger partial charge in [-0.15, -0.1) is 13.2 Å². The molecule has 2 N–H and O–H groups in total. The van der Waals surface area contributed by atoms with Gasteiger partial charge in [-0.05, 0) is 30.3 Å². The van der Waals surface area contributed by atoms with Crippen molar-refractivity contribution in [3.63, 3.8) is 0 Å². The van der Waals surface area contributed by atoms with Crippen LogP contribution in [0.2, 0.25) is 0 Å². The van der Waals surface area contributed by atoms with Gasteiger partial charge in [0.2, 0.25) is 5.88 Å². The molecule has 146 valence electrons. The van der Waals surface area contributed by atoms with E-state index in [1.165, 1.54) is 30.5 Å². The molecular weight excluding hydrogens is 385 g/mol. The van der Waals surface area contributed by atoms with Crippen LogP contribution in [-0.4, -0.2) is 21.3 Å². The number of benzene rings is 2. The highest BCUT2D eigenvalue weighted by Gasteiger charge is 2.32. The zero-order valence-electron chi connectivity index (χ0n) is 14.7. The molecule has 0 radical (unpaired) electrons. The summed E-state index contributed by atoms with van der Waals surface area (Å²) < 4.78 is 47.9. The summed E-state index contributed by atoms with van der Waals surface area (Å²) in [6.07, 6.45) is -3.45. The lowest BCUT2D eigenvalue weighted by molar-refractivity contribution is -0.274. The molecule has 2 heterocycles. The molecule has 0 aliphatic heterocycles. The second kappa shape index (κ2) is 7.27. The maximum atomic E-state index is 12.7. The molecule has 0 saturated heterocycles. The standard InChI is InChI=1S/C20H13F3N4O2/c21-20(22,23)29-14-6-2-1-5-13(14)19-25-11-10-17(27-19)28-15-7-3-4-12-8-9-16(24)26-18(12)15/h1-11H,(H2,24,26). The minimum atomic E-state index is -4.83. The van der Waals surface area contributed by atoms with Gasteiger partial charge < -0.3 is 15.2 Å². The molecule has 0 amide bonds. The molecular formula is C20H13F3N4O2. The number of hydrogen-bond donors (Lipinski definition) is 1. The first-order valence-electron chi connectivity index (χ1n) is 8.40. The summed E-state index contributed by atoms with van der Waals surface area (Å²) in [7, 11) is 0. The second-order valence-electron chi connectivity index (χ2n) is 5.93. The summed E-state index contributed by atoms with van der Waals surface area (Å²) >= 11 is 0. The van der Waals surface area contributed by atoms with Gasteiger partial charge in [0.1, 0.15) is 17.1 Å². The van der Waals surface area contributed by atoms with Crippen molar-refractivity contribution in [1.29, 1.82) is 0 Å². The molecule has 0 saturated carbocycles. The highest BCUT2D eigenvalue weighted by atomic mass is 19.4. The maximum Gasteiger partial charge on any atom is 0.573 e. The third-order valence-corrected chi connectivity index (χ3v) is 3.90. The lowest BCUT2D eigenvalue weighted by atomic mass is 10.2. The van der Waals surface area contributed by atoms with E-state index < -0.39 is 12.1 Å². The number of rotatable bonds is 4. The van der Waals surface area contributed by atoms with Crippen LogP contribution in [0, 0.1) is 0 Å². The Morgan fingerprint density at radius 1 is 0.828 bits per heavy atom. The van der Waals surface area contributed by atoms with Crippen molar-refractivity contribution in [1.82, 2.24) is 15.0 Å². The molecule has 9 heteroatoms. The van der Waals surface area contributed by atoms with Crippen LogP contribution >= 0.6 is 0 Å². The first-order chi connectivity index (χ1) is 13.9. The summed E-state index contributed by atoms with van der Waals surface area (Å²) in [5.41, 5.74) is 6.37. The van der Waals surface area contributed by atoms with Crippen molar-refractivity contribution in [3.05, 3.63) is 66.9 Å². The number of aromatic nitrogens is 3. The summed E-state index contributed by atoms with van der Waals surface area (Å²) in [5, 5.41) is 0.815. The van der Waals surface area contributed by atoms with Crippen LogP contribution in [0.1, 0.15) is 0 Å². The summed E-state index contributed by atoms with van der Waals surface area (Å²) in [4.78, 5) is 12.5. The monoisotopic (exact) mass is 398 g/mol. The predicted octanol–water partition coefficient (Wildman–Crippen LogP) is 4.96. The Balaban J connectivity index is 1.71. The molecule has 2 aromatic heterocycles. The predicted molar refractivity (Wildman–Crippen MR) is 100 cm³/mol. The van der Waals surface area contributed by atoms with Gasteiger partial charge in [-0.1, -0.05) is 24.3 Å². The fourth-order valence-corrected chi connectivity index (χ4v) is 2.72. The third kappa shape index (κ3) is 4.18. The maximum absolute atomic E-state index is 12.7. The number of anilines is 1. The Bertz CT molecular complexity index is 1180. The number of pyridine rings is 1. The smallest absolute Gasteiger partial charge is 0.437 e. The number of alkyl halides is 3. The molecule has 6 nitrogen and oxygen atoms in total. The number of para-hydroxylation sites is 2.